The fourth-order valence-corrected chi connectivity index (χ4v) is 3.61. The smallest absolute Gasteiger partial charge is 0.251 e. The van der Waals surface area contributed by atoms with Crippen LogP contribution in [0.3, 0.4) is 0 Å². The molecule has 4 nitrogen and oxygen atoms in total. The van der Waals surface area contributed by atoms with Gasteiger partial charge in [-0.15, -0.1) is 0 Å². The Balaban J connectivity index is 1.73. The van der Waals surface area contributed by atoms with Gasteiger partial charge in [-0.05, 0) is 43.2 Å². The number of hydrogen-bond acceptors (Lipinski definition) is 3. The maximum atomic E-state index is 12.4. The third-order valence-electron chi connectivity index (χ3n) is 4.67. The molecule has 0 spiro atoms. The molecule has 0 unspecified atom stereocenters. The quantitative estimate of drug-likeness (QED) is 0.919. The molecule has 4 heteroatoms. The highest BCUT2D eigenvalue weighted by Crippen LogP contribution is 2.44. The minimum absolute atomic E-state index is 0.0280. The number of rotatable bonds is 4. The lowest BCUT2D eigenvalue weighted by molar-refractivity contribution is 0.0922. The van der Waals surface area contributed by atoms with Gasteiger partial charge in [-0.1, -0.05) is 6.42 Å². The van der Waals surface area contributed by atoms with E-state index < -0.39 is 0 Å². The topological polar surface area (TPSA) is 47.6 Å². The monoisotopic (exact) mass is 275 g/mol. The molecule has 0 aliphatic heterocycles. The van der Waals surface area contributed by atoms with Crippen molar-refractivity contribution in [3.63, 3.8) is 0 Å². The van der Waals surface area contributed by atoms with Gasteiger partial charge >= 0.3 is 0 Å². The predicted molar refractivity (Wildman–Crippen MR) is 76.2 cm³/mol. The van der Waals surface area contributed by atoms with Crippen molar-refractivity contribution < 1.29 is 14.3 Å². The SMILES string of the molecule is COc1cc(OC)cc(C(=O)N[C@@H]2C[C@H]3CC[C@@H]2C3)c1. The summed E-state index contributed by atoms with van der Waals surface area (Å²) >= 11 is 0. The molecule has 3 rings (SSSR count). The van der Waals surface area contributed by atoms with Crippen molar-refractivity contribution in [1.82, 2.24) is 5.32 Å². The Labute approximate surface area is 119 Å². The van der Waals surface area contributed by atoms with Gasteiger partial charge in [-0.2, -0.15) is 0 Å². The fourth-order valence-electron chi connectivity index (χ4n) is 3.61. The zero-order valence-electron chi connectivity index (χ0n) is 12.0. The van der Waals surface area contributed by atoms with Crippen LogP contribution in [0.2, 0.25) is 0 Å². The molecule has 2 saturated carbocycles. The van der Waals surface area contributed by atoms with Gasteiger partial charge in [-0.3, -0.25) is 4.79 Å². The lowest BCUT2D eigenvalue weighted by Crippen LogP contribution is -2.38. The molecule has 1 amide bonds. The second-order valence-electron chi connectivity index (χ2n) is 5.86. The molecule has 1 aromatic rings. The van der Waals surface area contributed by atoms with Gasteiger partial charge in [-0.25, -0.2) is 0 Å². The van der Waals surface area contributed by atoms with Crippen LogP contribution in [0.25, 0.3) is 0 Å². The van der Waals surface area contributed by atoms with Gasteiger partial charge in [0, 0.05) is 17.7 Å². The summed E-state index contributed by atoms with van der Waals surface area (Å²) in [4.78, 5) is 12.4. The third-order valence-corrected chi connectivity index (χ3v) is 4.67. The van der Waals surface area contributed by atoms with Crippen molar-refractivity contribution in [2.24, 2.45) is 11.8 Å². The van der Waals surface area contributed by atoms with Gasteiger partial charge in [0.15, 0.2) is 0 Å². The molecule has 1 aromatic carbocycles. The van der Waals surface area contributed by atoms with E-state index in [0.29, 0.717) is 29.0 Å². The van der Waals surface area contributed by atoms with Crippen LogP contribution in [-0.2, 0) is 0 Å². The fraction of sp³-hybridized carbons (Fsp3) is 0.562. The van der Waals surface area contributed by atoms with E-state index in [1.165, 1.54) is 19.3 Å². The van der Waals surface area contributed by atoms with E-state index in [1.807, 2.05) is 0 Å². The summed E-state index contributed by atoms with van der Waals surface area (Å²) < 4.78 is 10.4. The number of benzene rings is 1. The zero-order chi connectivity index (χ0) is 14.1. The number of fused-ring (bicyclic) bond motifs is 2. The summed E-state index contributed by atoms with van der Waals surface area (Å²) in [6, 6.07) is 5.63. The molecular formula is C16H21NO3. The van der Waals surface area contributed by atoms with E-state index in [2.05, 4.69) is 5.32 Å². The van der Waals surface area contributed by atoms with E-state index in [0.717, 1.165) is 12.3 Å². The van der Waals surface area contributed by atoms with Gasteiger partial charge in [0.1, 0.15) is 11.5 Å². The molecule has 20 heavy (non-hydrogen) atoms. The second-order valence-corrected chi connectivity index (χ2v) is 5.86. The lowest BCUT2D eigenvalue weighted by Gasteiger charge is -2.23. The molecule has 0 saturated heterocycles. The number of carbonyl (C=O) groups is 1. The molecule has 108 valence electrons. The van der Waals surface area contributed by atoms with Crippen molar-refractivity contribution in [1.29, 1.82) is 0 Å². The number of ether oxygens (including phenoxy) is 2. The van der Waals surface area contributed by atoms with E-state index >= 15 is 0 Å². The zero-order valence-corrected chi connectivity index (χ0v) is 12.0. The Morgan fingerprint density at radius 1 is 1.10 bits per heavy atom. The van der Waals surface area contributed by atoms with Crippen LogP contribution in [0.15, 0.2) is 18.2 Å². The maximum Gasteiger partial charge on any atom is 0.251 e. The van der Waals surface area contributed by atoms with Gasteiger partial charge < -0.3 is 14.8 Å². The molecule has 2 aliphatic carbocycles. The number of nitrogens with one attached hydrogen (secondary N) is 1. The van der Waals surface area contributed by atoms with Gasteiger partial charge in [0.05, 0.1) is 14.2 Å². The minimum atomic E-state index is -0.0280. The standard InChI is InChI=1S/C16H21NO3/c1-19-13-7-12(8-14(9-13)20-2)16(18)17-15-6-10-3-4-11(15)5-10/h7-11,15H,3-6H2,1-2H3,(H,17,18)/t10-,11+,15+/m0/s1. The summed E-state index contributed by atoms with van der Waals surface area (Å²) in [5.41, 5.74) is 0.601. The van der Waals surface area contributed by atoms with Gasteiger partial charge in [0.2, 0.25) is 0 Å². The first-order valence-corrected chi connectivity index (χ1v) is 7.23. The predicted octanol–water partition coefficient (Wildman–Crippen LogP) is 2.62. The average molecular weight is 275 g/mol. The summed E-state index contributed by atoms with van der Waals surface area (Å²) in [6.07, 6.45) is 5.02. The molecular weight excluding hydrogens is 254 g/mol. The van der Waals surface area contributed by atoms with E-state index in [1.54, 1.807) is 32.4 Å². The molecule has 3 atom stereocenters. The number of amides is 1. The number of hydrogen-bond donors (Lipinski definition) is 1. The first-order valence-electron chi connectivity index (χ1n) is 7.23. The molecule has 2 fully saturated rings. The Bertz CT molecular complexity index is 492. The maximum absolute atomic E-state index is 12.4. The first kappa shape index (κ1) is 13.3. The molecule has 0 aromatic heterocycles. The van der Waals surface area contributed by atoms with E-state index in [9.17, 15) is 4.79 Å². The van der Waals surface area contributed by atoms with Crippen LogP contribution in [0.5, 0.6) is 11.5 Å². The lowest BCUT2D eigenvalue weighted by atomic mass is 9.95. The molecule has 2 aliphatic rings. The molecule has 2 bridgehead atoms. The van der Waals surface area contributed by atoms with Crippen molar-refractivity contribution in [3.8, 4) is 11.5 Å². The van der Waals surface area contributed by atoms with Crippen molar-refractivity contribution in [2.45, 2.75) is 31.7 Å². The number of methoxy groups -OCH3 is 2. The van der Waals surface area contributed by atoms with Crippen LogP contribution in [0.4, 0.5) is 0 Å². The highest BCUT2D eigenvalue weighted by atomic mass is 16.5. The van der Waals surface area contributed by atoms with Crippen LogP contribution >= 0.6 is 0 Å². The highest BCUT2D eigenvalue weighted by molar-refractivity contribution is 5.95. The minimum Gasteiger partial charge on any atom is -0.497 e. The van der Waals surface area contributed by atoms with Crippen LogP contribution < -0.4 is 14.8 Å². The molecule has 0 radical (unpaired) electrons. The van der Waals surface area contributed by atoms with Crippen molar-refractivity contribution >= 4 is 5.91 Å². The molecule has 1 N–H and O–H groups in total. The first-order chi connectivity index (χ1) is 9.69. The largest absolute Gasteiger partial charge is 0.497 e. The Morgan fingerprint density at radius 2 is 1.80 bits per heavy atom. The third kappa shape index (κ3) is 2.47. The van der Waals surface area contributed by atoms with Crippen LogP contribution in [-0.4, -0.2) is 26.2 Å². The van der Waals surface area contributed by atoms with Crippen molar-refractivity contribution in [2.75, 3.05) is 14.2 Å². The summed E-state index contributed by atoms with van der Waals surface area (Å²) in [6.45, 7) is 0. The average Bonchev–Trinajstić information content (AvgIpc) is 3.09. The van der Waals surface area contributed by atoms with Crippen molar-refractivity contribution in [3.05, 3.63) is 23.8 Å². The van der Waals surface area contributed by atoms with Crippen LogP contribution in [0, 0.1) is 11.8 Å². The number of carbonyl (C=O) groups excluding carboxylic acids is 1. The Kier molecular flexibility index (Phi) is 3.55. The Morgan fingerprint density at radius 3 is 2.30 bits per heavy atom. The Hall–Kier alpha value is -1.71. The van der Waals surface area contributed by atoms with Gasteiger partial charge in [0.25, 0.3) is 5.91 Å². The van der Waals surface area contributed by atoms with E-state index in [-0.39, 0.29) is 5.91 Å². The summed E-state index contributed by atoms with van der Waals surface area (Å²) in [5, 5.41) is 3.18. The normalized spacial score (nSPS) is 27.4. The second kappa shape index (κ2) is 5.35. The summed E-state index contributed by atoms with van der Waals surface area (Å²) in [5.74, 6) is 2.76. The van der Waals surface area contributed by atoms with E-state index in [4.69, 9.17) is 9.47 Å². The summed E-state index contributed by atoms with van der Waals surface area (Å²) in [7, 11) is 3.18. The highest BCUT2D eigenvalue weighted by Gasteiger charge is 2.40. The molecule has 0 heterocycles. The van der Waals surface area contributed by atoms with Crippen LogP contribution in [0.1, 0.15) is 36.0 Å².